The first-order valence-electron chi connectivity index (χ1n) is 10.0. The molecule has 146 valence electrons. The van der Waals surface area contributed by atoms with E-state index in [1.807, 2.05) is 30.5 Å². The van der Waals surface area contributed by atoms with Crippen molar-refractivity contribution in [2.45, 2.75) is 38.6 Å². The van der Waals surface area contributed by atoms with Gasteiger partial charge in [-0.3, -0.25) is 0 Å². The Labute approximate surface area is 166 Å². The van der Waals surface area contributed by atoms with Crippen LogP contribution in [-0.4, -0.2) is 32.6 Å². The van der Waals surface area contributed by atoms with Crippen molar-refractivity contribution >= 4 is 5.95 Å². The van der Waals surface area contributed by atoms with Gasteiger partial charge in [-0.05, 0) is 51.4 Å². The molecule has 4 rings (SSSR count). The van der Waals surface area contributed by atoms with Crippen molar-refractivity contribution in [3.05, 3.63) is 59.7 Å². The minimum atomic E-state index is 0.134. The first-order valence-corrected chi connectivity index (χ1v) is 10.0. The standard InChI is InChI=1S/C22H28N6/c1-15(17-7-5-4-6-8-17)26-22-24-14-11-19(27-22)20-16(2)25-21(28(20)3)18-9-12-23-13-10-18/h4-8,11,14-15,18,23H,9-10,12-13H2,1-3H3,(H,24,26,27). The fraction of sp³-hybridized carbons (Fsp3) is 0.409. The molecule has 0 spiro atoms. The molecule has 0 bridgehead atoms. The zero-order chi connectivity index (χ0) is 19.5. The highest BCUT2D eigenvalue weighted by atomic mass is 15.1. The zero-order valence-electron chi connectivity index (χ0n) is 16.8. The Balaban J connectivity index is 1.60. The molecule has 6 nitrogen and oxygen atoms in total. The Morgan fingerprint density at radius 1 is 1.11 bits per heavy atom. The quantitative estimate of drug-likeness (QED) is 0.708. The van der Waals surface area contributed by atoms with Crippen LogP contribution in [0.3, 0.4) is 0 Å². The summed E-state index contributed by atoms with van der Waals surface area (Å²) in [5, 5.41) is 6.85. The number of aromatic nitrogens is 4. The fourth-order valence-electron chi connectivity index (χ4n) is 4.04. The molecule has 0 radical (unpaired) electrons. The Morgan fingerprint density at radius 3 is 2.61 bits per heavy atom. The lowest BCUT2D eigenvalue weighted by atomic mass is 9.97. The second kappa shape index (κ2) is 8.10. The third kappa shape index (κ3) is 3.78. The molecule has 2 N–H and O–H groups in total. The second-order valence-corrected chi connectivity index (χ2v) is 7.53. The monoisotopic (exact) mass is 376 g/mol. The van der Waals surface area contributed by atoms with Crippen molar-refractivity contribution in [2.75, 3.05) is 18.4 Å². The normalized spacial score (nSPS) is 16.1. The van der Waals surface area contributed by atoms with Gasteiger partial charge in [0.15, 0.2) is 0 Å². The summed E-state index contributed by atoms with van der Waals surface area (Å²) in [6.45, 7) is 6.31. The molecular weight excluding hydrogens is 348 g/mol. The third-order valence-corrected chi connectivity index (χ3v) is 5.55. The Bertz CT molecular complexity index is 927. The van der Waals surface area contributed by atoms with Gasteiger partial charge in [-0.15, -0.1) is 0 Å². The van der Waals surface area contributed by atoms with Gasteiger partial charge in [0, 0.05) is 19.2 Å². The molecule has 1 fully saturated rings. The van der Waals surface area contributed by atoms with Crippen LogP contribution in [0.25, 0.3) is 11.4 Å². The molecule has 3 heterocycles. The van der Waals surface area contributed by atoms with E-state index in [1.54, 1.807) is 0 Å². The van der Waals surface area contributed by atoms with E-state index in [-0.39, 0.29) is 6.04 Å². The number of imidazole rings is 1. The SMILES string of the molecule is Cc1nc(C2CCNCC2)n(C)c1-c1ccnc(NC(C)c2ccccc2)n1. The summed E-state index contributed by atoms with van der Waals surface area (Å²) < 4.78 is 2.22. The molecule has 1 saturated heterocycles. The van der Waals surface area contributed by atoms with E-state index in [0.29, 0.717) is 11.9 Å². The number of piperidine rings is 1. The van der Waals surface area contributed by atoms with Crippen LogP contribution in [0.5, 0.6) is 0 Å². The average Bonchev–Trinajstić information content (AvgIpc) is 3.03. The number of anilines is 1. The second-order valence-electron chi connectivity index (χ2n) is 7.53. The van der Waals surface area contributed by atoms with Gasteiger partial charge in [0.05, 0.1) is 23.1 Å². The van der Waals surface area contributed by atoms with Crippen LogP contribution in [0.1, 0.15) is 48.8 Å². The number of nitrogens with one attached hydrogen (secondary N) is 2. The van der Waals surface area contributed by atoms with Crippen molar-refractivity contribution < 1.29 is 0 Å². The molecule has 1 aromatic carbocycles. The number of hydrogen-bond acceptors (Lipinski definition) is 5. The highest BCUT2D eigenvalue weighted by Gasteiger charge is 2.23. The summed E-state index contributed by atoms with van der Waals surface area (Å²) in [6.07, 6.45) is 4.09. The first-order chi connectivity index (χ1) is 13.6. The van der Waals surface area contributed by atoms with E-state index in [4.69, 9.17) is 9.97 Å². The van der Waals surface area contributed by atoms with E-state index in [1.165, 1.54) is 11.4 Å². The molecule has 6 heteroatoms. The van der Waals surface area contributed by atoms with Crippen LogP contribution in [0.15, 0.2) is 42.6 Å². The molecule has 1 atom stereocenters. The van der Waals surface area contributed by atoms with Gasteiger partial charge in [-0.2, -0.15) is 0 Å². The van der Waals surface area contributed by atoms with Crippen molar-refractivity contribution in [1.82, 2.24) is 24.8 Å². The molecular formula is C22H28N6. The van der Waals surface area contributed by atoms with Crippen molar-refractivity contribution in [2.24, 2.45) is 7.05 Å². The molecule has 1 aliphatic rings. The van der Waals surface area contributed by atoms with Crippen LogP contribution in [0.4, 0.5) is 5.95 Å². The van der Waals surface area contributed by atoms with Crippen molar-refractivity contribution in [3.63, 3.8) is 0 Å². The topological polar surface area (TPSA) is 67.7 Å². The van der Waals surface area contributed by atoms with E-state index in [0.717, 1.165) is 43.0 Å². The smallest absolute Gasteiger partial charge is 0.223 e. The molecule has 0 amide bonds. The molecule has 1 aliphatic heterocycles. The van der Waals surface area contributed by atoms with Crippen LogP contribution in [0, 0.1) is 6.92 Å². The van der Waals surface area contributed by atoms with Crippen molar-refractivity contribution in [1.29, 1.82) is 0 Å². The molecule has 3 aromatic rings. The van der Waals surface area contributed by atoms with Crippen molar-refractivity contribution in [3.8, 4) is 11.4 Å². The number of aryl methyl sites for hydroxylation is 1. The molecule has 0 aliphatic carbocycles. The summed E-state index contributed by atoms with van der Waals surface area (Å²) in [6, 6.07) is 12.4. The van der Waals surface area contributed by atoms with Gasteiger partial charge in [-0.1, -0.05) is 30.3 Å². The lowest BCUT2D eigenvalue weighted by molar-refractivity contribution is 0.437. The van der Waals surface area contributed by atoms with Crippen LogP contribution in [0.2, 0.25) is 0 Å². The zero-order valence-corrected chi connectivity index (χ0v) is 16.8. The average molecular weight is 377 g/mol. The summed E-state index contributed by atoms with van der Waals surface area (Å²) in [7, 11) is 2.11. The van der Waals surface area contributed by atoms with E-state index in [2.05, 4.69) is 53.2 Å². The number of nitrogens with zero attached hydrogens (tertiary/aromatic N) is 4. The van der Waals surface area contributed by atoms with E-state index < -0.39 is 0 Å². The highest BCUT2D eigenvalue weighted by molar-refractivity contribution is 5.59. The third-order valence-electron chi connectivity index (χ3n) is 5.55. The largest absolute Gasteiger partial charge is 0.348 e. The minimum Gasteiger partial charge on any atom is -0.348 e. The maximum absolute atomic E-state index is 4.90. The van der Waals surface area contributed by atoms with Crippen LogP contribution >= 0.6 is 0 Å². The van der Waals surface area contributed by atoms with Gasteiger partial charge in [0.2, 0.25) is 5.95 Å². The van der Waals surface area contributed by atoms with E-state index >= 15 is 0 Å². The summed E-state index contributed by atoms with van der Waals surface area (Å²) in [5.41, 5.74) is 4.22. The maximum atomic E-state index is 4.90. The fourth-order valence-corrected chi connectivity index (χ4v) is 4.04. The lowest BCUT2D eigenvalue weighted by Gasteiger charge is -2.22. The van der Waals surface area contributed by atoms with Gasteiger partial charge in [-0.25, -0.2) is 15.0 Å². The van der Waals surface area contributed by atoms with Crippen LogP contribution < -0.4 is 10.6 Å². The summed E-state index contributed by atoms with van der Waals surface area (Å²) in [4.78, 5) is 14.1. The number of hydrogen-bond donors (Lipinski definition) is 2. The molecule has 0 saturated carbocycles. The van der Waals surface area contributed by atoms with E-state index in [9.17, 15) is 0 Å². The number of benzene rings is 1. The van der Waals surface area contributed by atoms with Gasteiger partial charge < -0.3 is 15.2 Å². The van der Waals surface area contributed by atoms with Crippen LogP contribution in [-0.2, 0) is 7.05 Å². The summed E-state index contributed by atoms with van der Waals surface area (Å²) >= 11 is 0. The van der Waals surface area contributed by atoms with Gasteiger partial charge in [0.1, 0.15) is 5.82 Å². The molecule has 2 aromatic heterocycles. The maximum Gasteiger partial charge on any atom is 0.223 e. The Morgan fingerprint density at radius 2 is 1.86 bits per heavy atom. The summed E-state index contributed by atoms with van der Waals surface area (Å²) in [5.74, 6) is 2.31. The predicted molar refractivity (Wildman–Crippen MR) is 112 cm³/mol. The lowest BCUT2D eigenvalue weighted by Crippen LogP contribution is -2.27. The van der Waals surface area contributed by atoms with Gasteiger partial charge >= 0.3 is 0 Å². The number of rotatable bonds is 5. The minimum absolute atomic E-state index is 0.134. The first kappa shape index (κ1) is 18.6. The molecule has 1 unspecified atom stereocenters. The predicted octanol–water partition coefficient (Wildman–Crippen LogP) is 3.83. The Hall–Kier alpha value is -2.73. The van der Waals surface area contributed by atoms with Gasteiger partial charge in [0.25, 0.3) is 0 Å². The Kier molecular flexibility index (Phi) is 5.39. The highest BCUT2D eigenvalue weighted by Crippen LogP contribution is 2.30. The molecule has 28 heavy (non-hydrogen) atoms.